The second-order valence-electron chi connectivity index (χ2n) is 2.33. The molecule has 0 radical (unpaired) electrons. The second kappa shape index (κ2) is 3.42. The minimum Gasteiger partial charge on any atom is -0.477 e. The maximum Gasteiger partial charge on any atom is 0.490 e. The highest BCUT2D eigenvalue weighted by atomic mass is 16.4. The smallest absolute Gasteiger partial charge is 0.477 e. The summed E-state index contributed by atoms with van der Waals surface area (Å²) in [6.07, 6.45) is 0. The highest BCUT2D eigenvalue weighted by molar-refractivity contribution is 6.60. The molecule has 0 unspecified atom stereocenters. The molecule has 0 aliphatic carbocycles. The fourth-order valence-corrected chi connectivity index (χ4v) is 0.878. The fraction of sp³-hybridized carbons (Fsp3) is 0. The lowest BCUT2D eigenvalue weighted by molar-refractivity contribution is 0.0691. The van der Waals surface area contributed by atoms with Crippen molar-refractivity contribution in [3.8, 4) is 0 Å². The second-order valence-corrected chi connectivity index (χ2v) is 2.33. The van der Waals surface area contributed by atoms with Crippen LogP contribution in [0.15, 0.2) is 16.9 Å². The first-order valence-corrected chi connectivity index (χ1v) is 3.35. The van der Waals surface area contributed by atoms with E-state index in [1.165, 1.54) is 0 Å². The molecule has 1 aromatic rings. The number of carbonyl (C=O) groups is 1. The van der Waals surface area contributed by atoms with Gasteiger partial charge >= 0.3 is 13.1 Å². The molecule has 0 aliphatic heterocycles. The number of aromatic carboxylic acids is 1. The lowest BCUT2D eigenvalue weighted by atomic mass is 9.79. The summed E-state index contributed by atoms with van der Waals surface area (Å²) in [4.78, 5) is 23.2. The zero-order valence-electron chi connectivity index (χ0n) is 6.39. The van der Waals surface area contributed by atoms with Crippen molar-refractivity contribution in [3.63, 3.8) is 0 Å². The van der Waals surface area contributed by atoms with Gasteiger partial charge in [0.25, 0.3) is 0 Å². The maximum atomic E-state index is 10.7. The number of rotatable bonds is 2. The number of carboxylic acids is 1. The molecule has 0 saturated carbocycles. The predicted molar refractivity (Wildman–Crippen MR) is 43.8 cm³/mol. The standard InChI is InChI=1S/C6H6BNO5/c9-4-2-1-3(7(12)13)5(8-4)6(10)11/h1-2,12-13H,(H,8,9)(H,10,11). The van der Waals surface area contributed by atoms with Gasteiger partial charge in [0.2, 0.25) is 5.56 Å². The van der Waals surface area contributed by atoms with Crippen LogP contribution in [0.3, 0.4) is 0 Å². The van der Waals surface area contributed by atoms with E-state index in [0.29, 0.717) is 0 Å². The maximum absolute atomic E-state index is 10.7. The van der Waals surface area contributed by atoms with Crippen molar-refractivity contribution in [2.24, 2.45) is 0 Å². The predicted octanol–water partition coefficient (Wildman–Crippen LogP) is -2.25. The molecular weight excluding hydrogens is 177 g/mol. The first-order valence-electron chi connectivity index (χ1n) is 3.35. The van der Waals surface area contributed by atoms with Crippen molar-refractivity contribution in [1.82, 2.24) is 4.98 Å². The Kier molecular flexibility index (Phi) is 2.50. The lowest BCUT2D eigenvalue weighted by Gasteiger charge is -2.02. The molecule has 13 heavy (non-hydrogen) atoms. The molecule has 0 amide bonds. The van der Waals surface area contributed by atoms with E-state index in [-0.39, 0.29) is 5.46 Å². The summed E-state index contributed by atoms with van der Waals surface area (Å²) >= 11 is 0. The Bertz CT molecular complexity index is 385. The molecule has 0 saturated heterocycles. The third-order valence-corrected chi connectivity index (χ3v) is 1.44. The van der Waals surface area contributed by atoms with Gasteiger partial charge in [-0.15, -0.1) is 0 Å². The van der Waals surface area contributed by atoms with E-state index in [1.54, 1.807) is 0 Å². The van der Waals surface area contributed by atoms with Crippen molar-refractivity contribution in [2.45, 2.75) is 0 Å². The molecule has 68 valence electrons. The van der Waals surface area contributed by atoms with E-state index in [4.69, 9.17) is 15.2 Å². The number of hydrogen-bond acceptors (Lipinski definition) is 4. The topological polar surface area (TPSA) is 111 Å². The van der Waals surface area contributed by atoms with E-state index in [9.17, 15) is 9.59 Å². The van der Waals surface area contributed by atoms with Crippen LogP contribution in [0.2, 0.25) is 0 Å². The first kappa shape index (κ1) is 9.49. The van der Waals surface area contributed by atoms with E-state index < -0.39 is 24.3 Å². The summed E-state index contributed by atoms with van der Waals surface area (Å²) in [6, 6.07) is 2.06. The van der Waals surface area contributed by atoms with Crippen molar-refractivity contribution < 1.29 is 19.9 Å². The molecule has 4 N–H and O–H groups in total. The highest BCUT2D eigenvalue weighted by Gasteiger charge is 2.20. The molecular formula is C6H6BNO5. The van der Waals surface area contributed by atoms with Crippen molar-refractivity contribution >= 4 is 18.6 Å². The van der Waals surface area contributed by atoms with Crippen LogP contribution in [0.1, 0.15) is 10.5 Å². The third-order valence-electron chi connectivity index (χ3n) is 1.44. The van der Waals surface area contributed by atoms with Gasteiger partial charge in [-0.05, 0) is 0 Å². The van der Waals surface area contributed by atoms with E-state index in [1.807, 2.05) is 4.98 Å². The summed E-state index contributed by atoms with van der Waals surface area (Å²) in [7, 11) is -1.91. The molecule has 1 heterocycles. The number of pyridine rings is 1. The largest absolute Gasteiger partial charge is 0.490 e. The summed E-state index contributed by atoms with van der Waals surface area (Å²) < 4.78 is 0. The number of hydrogen-bond donors (Lipinski definition) is 4. The van der Waals surface area contributed by atoms with Gasteiger partial charge < -0.3 is 20.1 Å². The van der Waals surface area contributed by atoms with Crippen molar-refractivity contribution in [2.75, 3.05) is 0 Å². The molecule has 6 nitrogen and oxygen atoms in total. The zero-order chi connectivity index (χ0) is 10.0. The van der Waals surface area contributed by atoms with Crippen LogP contribution < -0.4 is 11.0 Å². The van der Waals surface area contributed by atoms with Crippen LogP contribution in [-0.4, -0.2) is 33.2 Å². The average molecular weight is 183 g/mol. The van der Waals surface area contributed by atoms with Gasteiger partial charge in [-0.25, -0.2) is 4.79 Å². The Hall–Kier alpha value is -1.60. The quantitative estimate of drug-likeness (QED) is 0.387. The summed E-state index contributed by atoms with van der Waals surface area (Å²) in [5.74, 6) is -1.42. The van der Waals surface area contributed by atoms with Crippen LogP contribution >= 0.6 is 0 Å². The van der Waals surface area contributed by atoms with Crippen LogP contribution in [0.5, 0.6) is 0 Å². The van der Waals surface area contributed by atoms with Gasteiger partial charge in [0, 0.05) is 11.5 Å². The normalized spacial score (nSPS) is 9.69. The van der Waals surface area contributed by atoms with Crippen molar-refractivity contribution in [3.05, 3.63) is 28.2 Å². The molecule has 1 aromatic heterocycles. The van der Waals surface area contributed by atoms with Crippen molar-refractivity contribution in [1.29, 1.82) is 0 Å². The fourth-order valence-electron chi connectivity index (χ4n) is 0.878. The van der Waals surface area contributed by atoms with E-state index >= 15 is 0 Å². The van der Waals surface area contributed by atoms with Crippen LogP contribution in [0.4, 0.5) is 0 Å². The van der Waals surface area contributed by atoms with Gasteiger partial charge in [-0.1, -0.05) is 6.07 Å². The van der Waals surface area contributed by atoms with Gasteiger partial charge in [-0.3, -0.25) is 4.79 Å². The molecule has 7 heteroatoms. The number of nitrogens with one attached hydrogen (secondary N) is 1. The van der Waals surface area contributed by atoms with Crippen LogP contribution in [-0.2, 0) is 0 Å². The molecule has 0 fully saturated rings. The Morgan fingerprint density at radius 3 is 2.46 bits per heavy atom. The minimum absolute atomic E-state index is 0.243. The van der Waals surface area contributed by atoms with Gasteiger partial charge in [0.15, 0.2) is 0 Å². The van der Waals surface area contributed by atoms with E-state index in [0.717, 1.165) is 12.1 Å². The molecule has 0 aromatic carbocycles. The number of aromatic amines is 1. The monoisotopic (exact) mass is 183 g/mol. The summed E-state index contributed by atoms with van der Waals surface area (Å²) in [6.45, 7) is 0. The van der Waals surface area contributed by atoms with Gasteiger partial charge in [0.1, 0.15) is 5.69 Å². The van der Waals surface area contributed by atoms with E-state index in [2.05, 4.69) is 0 Å². The zero-order valence-corrected chi connectivity index (χ0v) is 6.39. The third kappa shape index (κ3) is 1.95. The Morgan fingerprint density at radius 2 is 2.00 bits per heavy atom. The summed E-state index contributed by atoms with van der Waals surface area (Å²) in [5, 5.41) is 26.0. The Labute approximate surface area is 72.6 Å². The highest BCUT2D eigenvalue weighted by Crippen LogP contribution is 1.88. The first-order chi connectivity index (χ1) is 6.02. The molecule has 0 atom stereocenters. The average Bonchev–Trinajstić information content (AvgIpc) is 2.03. The molecule has 0 aliphatic rings. The Morgan fingerprint density at radius 1 is 1.38 bits per heavy atom. The summed E-state index contributed by atoms with van der Waals surface area (Å²) in [5.41, 5.74) is -1.36. The number of aromatic nitrogens is 1. The Balaban J connectivity index is 3.35. The van der Waals surface area contributed by atoms with Crippen LogP contribution in [0.25, 0.3) is 0 Å². The molecule has 0 spiro atoms. The molecule has 0 bridgehead atoms. The molecule has 1 rings (SSSR count). The van der Waals surface area contributed by atoms with Crippen LogP contribution in [0, 0.1) is 0 Å². The van der Waals surface area contributed by atoms with Gasteiger partial charge in [0.05, 0.1) is 0 Å². The number of carboxylic acid groups (broad SMARTS) is 1. The SMILES string of the molecule is O=C(O)c1[nH]c(=O)ccc1B(O)O. The van der Waals surface area contributed by atoms with Gasteiger partial charge in [-0.2, -0.15) is 0 Å². The number of H-pyrrole nitrogens is 1. The minimum atomic E-state index is -1.91. The lowest BCUT2D eigenvalue weighted by Crippen LogP contribution is -2.37.